The molecule has 0 bridgehead atoms. The van der Waals surface area contributed by atoms with Crippen LogP contribution in [0.15, 0.2) is 46.9 Å². The maximum absolute atomic E-state index is 10.8. The van der Waals surface area contributed by atoms with Crippen LogP contribution in [0, 0.1) is 11.3 Å². The van der Waals surface area contributed by atoms with E-state index in [9.17, 15) is 10.1 Å². The molecule has 3 nitrogen and oxygen atoms in total. The van der Waals surface area contributed by atoms with E-state index in [-0.39, 0.29) is 0 Å². The van der Waals surface area contributed by atoms with Crippen molar-refractivity contribution in [3.8, 4) is 6.07 Å². The molecule has 0 N–H and O–H groups in total. The molecule has 0 heterocycles. The number of carbonyl (C=O) groups is 1. The maximum Gasteiger partial charge on any atom is 0.150 e. The zero-order valence-corrected chi connectivity index (χ0v) is 12.6. The maximum atomic E-state index is 10.8. The van der Waals surface area contributed by atoms with Gasteiger partial charge in [-0.15, -0.1) is 0 Å². The van der Waals surface area contributed by atoms with Crippen LogP contribution in [0.5, 0.6) is 0 Å². The molecule has 0 aliphatic heterocycles. The average Bonchev–Trinajstić information content (AvgIpc) is 2.48. The molecule has 0 amide bonds. The van der Waals surface area contributed by atoms with Crippen LogP contribution in [0.25, 0.3) is 0 Å². The summed E-state index contributed by atoms with van der Waals surface area (Å²) in [6.45, 7) is 0.677. The zero-order chi connectivity index (χ0) is 14.5. The fourth-order valence-corrected chi connectivity index (χ4v) is 2.43. The second kappa shape index (κ2) is 6.36. The Kier molecular flexibility index (Phi) is 4.54. The fraction of sp³-hybridized carbons (Fsp3) is 0.125. The zero-order valence-electron chi connectivity index (χ0n) is 11.0. The monoisotopic (exact) mass is 328 g/mol. The number of aldehydes is 1. The van der Waals surface area contributed by atoms with E-state index in [0.717, 1.165) is 22.0 Å². The third kappa shape index (κ3) is 3.06. The van der Waals surface area contributed by atoms with Gasteiger partial charge in [0, 0.05) is 23.6 Å². The summed E-state index contributed by atoms with van der Waals surface area (Å²) in [5, 5.41) is 9.21. The third-order valence-electron chi connectivity index (χ3n) is 3.05. The van der Waals surface area contributed by atoms with Crippen molar-refractivity contribution in [2.24, 2.45) is 0 Å². The molecule has 2 aromatic carbocycles. The number of nitrogens with zero attached hydrogens (tertiary/aromatic N) is 2. The highest BCUT2D eigenvalue weighted by Crippen LogP contribution is 2.24. The highest BCUT2D eigenvalue weighted by Gasteiger charge is 2.10. The normalized spacial score (nSPS) is 9.85. The van der Waals surface area contributed by atoms with Crippen molar-refractivity contribution in [1.82, 2.24) is 0 Å². The molecule has 0 aliphatic carbocycles. The third-order valence-corrected chi connectivity index (χ3v) is 3.83. The standard InChI is InChI=1S/C16H13BrN2O/c1-19(10-13-4-2-3-5-15(13)17)16-7-6-12(11-20)8-14(16)9-18/h2-8,11H,10H2,1H3. The number of benzene rings is 2. The molecule has 0 aromatic heterocycles. The first kappa shape index (κ1) is 14.3. The van der Waals surface area contributed by atoms with E-state index < -0.39 is 0 Å². The van der Waals surface area contributed by atoms with Crippen LogP contribution in [-0.4, -0.2) is 13.3 Å². The molecule has 0 atom stereocenters. The number of halogens is 1. The van der Waals surface area contributed by atoms with E-state index in [1.165, 1.54) is 0 Å². The van der Waals surface area contributed by atoms with E-state index in [2.05, 4.69) is 22.0 Å². The van der Waals surface area contributed by atoms with Crippen molar-refractivity contribution < 1.29 is 4.79 Å². The number of anilines is 1. The Labute approximate surface area is 126 Å². The van der Waals surface area contributed by atoms with E-state index in [1.54, 1.807) is 18.2 Å². The number of hydrogen-bond acceptors (Lipinski definition) is 3. The lowest BCUT2D eigenvalue weighted by Crippen LogP contribution is -2.18. The van der Waals surface area contributed by atoms with Gasteiger partial charge in [-0.05, 0) is 29.8 Å². The molecule has 0 spiro atoms. The van der Waals surface area contributed by atoms with Crippen LogP contribution in [0.4, 0.5) is 5.69 Å². The quantitative estimate of drug-likeness (QED) is 0.802. The molecule has 0 unspecified atom stereocenters. The summed E-state index contributed by atoms with van der Waals surface area (Å²) in [6, 6.07) is 15.2. The van der Waals surface area contributed by atoms with E-state index >= 15 is 0 Å². The van der Waals surface area contributed by atoms with Gasteiger partial charge in [0.2, 0.25) is 0 Å². The van der Waals surface area contributed by atoms with Gasteiger partial charge in [-0.3, -0.25) is 4.79 Å². The lowest BCUT2D eigenvalue weighted by atomic mass is 10.1. The van der Waals surface area contributed by atoms with Gasteiger partial charge in [0.15, 0.2) is 0 Å². The minimum Gasteiger partial charge on any atom is -0.369 e. The largest absolute Gasteiger partial charge is 0.369 e. The Morgan fingerprint density at radius 2 is 2.05 bits per heavy atom. The molecule has 0 aliphatic rings. The second-order valence-electron chi connectivity index (χ2n) is 4.45. The van der Waals surface area contributed by atoms with Crippen LogP contribution >= 0.6 is 15.9 Å². The van der Waals surface area contributed by atoms with Crippen LogP contribution in [0.1, 0.15) is 21.5 Å². The Bertz CT molecular complexity index is 676. The Hall–Kier alpha value is -2.12. The Morgan fingerprint density at radius 1 is 1.30 bits per heavy atom. The van der Waals surface area contributed by atoms with Crippen molar-refractivity contribution in [1.29, 1.82) is 5.26 Å². The number of hydrogen-bond donors (Lipinski definition) is 0. The van der Waals surface area contributed by atoms with Crippen molar-refractivity contribution in [2.45, 2.75) is 6.54 Å². The summed E-state index contributed by atoms with van der Waals surface area (Å²) in [4.78, 5) is 12.8. The van der Waals surface area contributed by atoms with Gasteiger partial charge in [-0.1, -0.05) is 34.1 Å². The van der Waals surface area contributed by atoms with Crippen molar-refractivity contribution >= 4 is 27.9 Å². The summed E-state index contributed by atoms with van der Waals surface area (Å²) in [6.07, 6.45) is 0.748. The van der Waals surface area contributed by atoms with Gasteiger partial charge in [0.25, 0.3) is 0 Å². The number of nitriles is 1. The van der Waals surface area contributed by atoms with Gasteiger partial charge in [-0.2, -0.15) is 5.26 Å². The molecule has 0 saturated carbocycles. The summed E-state index contributed by atoms with van der Waals surface area (Å²) in [7, 11) is 1.93. The summed E-state index contributed by atoms with van der Waals surface area (Å²) in [5.74, 6) is 0. The first-order valence-corrected chi connectivity index (χ1v) is 6.89. The van der Waals surface area contributed by atoms with Gasteiger partial charge >= 0.3 is 0 Å². The molecule has 20 heavy (non-hydrogen) atoms. The summed E-state index contributed by atoms with van der Waals surface area (Å²) in [5.41, 5.74) is 2.97. The van der Waals surface area contributed by atoms with E-state index in [4.69, 9.17) is 0 Å². The van der Waals surface area contributed by atoms with E-state index in [0.29, 0.717) is 17.7 Å². The first-order chi connectivity index (χ1) is 9.65. The van der Waals surface area contributed by atoms with Crippen LogP contribution in [0.2, 0.25) is 0 Å². The van der Waals surface area contributed by atoms with Crippen LogP contribution in [-0.2, 0) is 6.54 Å². The van der Waals surface area contributed by atoms with E-state index in [1.807, 2.05) is 36.2 Å². The van der Waals surface area contributed by atoms with Gasteiger partial charge < -0.3 is 4.90 Å². The van der Waals surface area contributed by atoms with Crippen molar-refractivity contribution in [3.63, 3.8) is 0 Å². The van der Waals surface area contributed by atoms with Crippen LogP contribution in [0.3, 0.4) is 0 Å². The molecular weight excluding hydrogens is 316 g/mol. The predicted octanol–water partition coefficient (Wildman–Crippen LogP) is 3.77. The lowest BCUT2D eigenvalue weighted by Gasteiger charge is -2.21. The van der Waals surface area contributed by atoms with Gasteiger partial charge in [0.05, 0.1) is 11.3 Å². The molecule has 2 rings (SSSR count). The van der Waals surface area contributed by atoms with Gasteiger partial charge in [-0.25, -0.2) is 0 Å². The molecule has 100 valence electrons. The van der Waals surface area contributed by atoms with Crippen molar-refractivity contribution in [3.05, 3.63) is 63.6 Å². The average molecular weight is 329 g/mol. The Morgan fingerprint density at radius 3 is 2.70 bits per heavy atom. The topological polar surface area (TPSA) is 44.1 Å². The summed E-state index contributed by atoms with van der Waals surface area (Å²) < 4.78 is 1.04. The molecule has 0 fully saturated rings. The van der Waals surface area contributed by atoms with Gasteiger partial charge in [0.1, 0.15) is 12.4 Å². The molecule has 4 heteroatoms. The molecule has 2 aromatic rings. The fourth-order valence-electron chi connectivity index (χ4n) is 2.02. The summed E-state index contributed by atoms with van der Waals surface area (Å²) >= 11 is 3.52. The number of rotatable bonds is 4. The second-order valence-corrected chi connectivity index (χ2v) is 5.31. The minimum atomic E-state index is 0.504. The SMILES string of the molecule is CN(Cc1ccccc1Br)c1ccc(C=O)cc1C#N. The minimum absolute atomic E-state index is 0.504. The van der Waals surface area contributed by atoms with Crippen LogP contribution < -0.4 is 4.90 Å². The molecule has 0 saturated heterocycles. The predicted molar refractivity (Wildman–Crippen MR) is 82.8 cm³/mol. The smallest absolute Gasteiger partial charge is 0.150 e. The Balaban J connectivity index is 2.30. The lowest BCUT2D eigenvalue weighted by molar-refractivity contribution is 0.112. The first-order valence-electron chi connectivity index (χ1n) is 6.09. The molecule has 0 radical (unpaired) electrons. The molecular formula is C16H13BrN2O. The highest BCUT2D eigenvalue weighted by molar-refractivity contribution is 9.10. The van der Waals surface area contributed by atoms with Crippen molar-refractivity contribution in [2.75, 3.05) is 11.9 Å². The highest BCUT2D eigenvalue weighted by atomic mass is 79.9. The number of carbonyl (C=O) groups excluding carboxylic acids is 1.